The molecule has 0 fully saturated rings. The van der Waals surface area contributed by atoms with Gasteiger partial charge in [-0.15, -0.1) is 0 Å². The molecule has 0 radical (unpaired) electrons. The first-order chi connectivity index (χ1) is 8.88. The van der Waals surface area contributed by atoms with Crippen LogP contribution in [0.25, 0.3) is 0 Å². The van der Waals surface area contributed by atoms with Gasteiger partial charge in [-0.2, -0.15) is 0 Å². The molecule has 0 saturated carbocycles. The van der Waals surface area contributed by atoms with E-state index in [1.165, 1.54) is 16.8 Å². The third-order valence-electron chi connectivity index (χ3n) is 3.50. The van der Waals surface area contributed by atoms with Crippen LogP contribution in [0, 0.1) is 0 Å². The zero-order valence-electron chi connectivity index (χ0n) is 12.4. The molecule has 2 rings (SSSR count). The lowest BCUT2D eigenvalue weighted by Gasteiger charge is -2.19. The van der Waals surface area contributed by atoms with Gasteiger partial charge in [-0.3, -0.25) is 0 Å². The lowest BCUT2D eigenvalue weighted by molar-refractivity contribution is 0.589. The Bertz CT molecular complexity index is 527. The molecule has 1 unspecified atom stereocenters. The van der Waals surface area contributed by atoms with E-state index in [1.807, 2.05) is 6.92 Å². The summed E-state index contributed by atoms with van der Waals surface area (Å²) in [5.41, 5.74) is 10.0. The zero-order valence-corrected chi connectivity index (χ0v) is 12.4. The lowest BCUT2D eigenvalue weighted by Crippen LogP contribution is -2.13. The number of benzene rings is 1. The van der Waals surface area contributed by atoms with Crippen molar-refractivity contribution in [2.75, 3.05) is 0 Å². The van der Waals surface area contributed by atoms with E-state index in [-0.39, 0.29) is 11.5 Å². The third-order valence-corrected chi connectivity index (χ3v) is 3.50. The molecule has 2 aromatic rings. The SMILES string of the molecule is CC(N)c1cccn1Cc1ccc(C(C)(C)C)cc1. The molecule has 2 N–H and O–H groups in total. The van der Waals surface area contributed by atoms with E-state index in [0.717, 1.165) is 6.54 Å². The predicted octanol–water partition coefficient (Wildman–Crippen LogP) is 3.85. The first-order valence-corrected chi connectivity index (χ1v) is 6.88. The maximum Gasteiger partial charge on any atom is 0.0473 e. The minimum atomic E-state index is 0.0730. The average molecular weight is 256 g/mol. The molecule has 1 heterocycles. The minimum absolute atomic E-state index is 0.0730. The highest BCUT2D eigenvalue weighted by Crippen LogP contribution is 2.22. The third kappa shape index (κ3) is 3.27. The fourth-order valence-corrected chi connectivity index (χ4v) is 2.29. The largest absolute Gasteiger partial charge is 0.346 e. The summed E-state index contributed by atoms with van der Waals surface area (Å²) in [7, 11) is 0. The second-order valence-corrected chi connectivity index (χ2v) is 6.30. The summed E-state index contributed by atoms with van der Waals surface area (Å²) in [6.45, 7) is 9.62. The Balaban J connectivity index is 2.18. The van der Waals surface area contributed by atoms with Crippen LogP contribution in [-0.4, -0.2) is 4.57 Å². The Hall–Kier alpha value is -1.54. The van der Waals surface area contributed by atoms with Gasteiger partial charge in [0.1, 0.15) is 0 Å². The molecule has 0 amide bonds. The smallest absolute Gasteiger partial charge is 0.0473 e. The Labute approximate surface area is 116 Å². The number of aromatic nitrogens is 1. The Morgan fingerprint density at radius 2 is 1.74 bits per heavy atom. The molecule has 0 bridgehead atoms. The average Bonchev–Trinajstić information content (AvgIpc) is 2.77. The van der Waals surface area contributed by atoms with Crippen molar-refractivity contribution >= 4 is 0 Å². The van der Waals surface area contributed by atoms with Crippen LogP contribution in [0.3, 0.4) is 0 Å². The monoisotopic (exact) mass is 256 g/mol. The fourth-order valence-electron chi connectivity index (χ4n) is 2.29. The maximum absolute atomic E-state index is 5.97. The number of nitrogens with two attached hydrogens (primary N) is 1. The lowest BCUT2D eigenvalue weighted by atomic mass is 9.87. The molecule has 0 aliphatic carbocycles. The van der Waals surface area contributed by atoms with Crippen molar-refractivity contribution in [2.24, 2.45) is 5.73 Å². The molecule has 1 aromatic heterocycles. The van der Waals surface area contributed by atoms with Gasteiger partial charge >= 0.3 is 0 Å². The van der Waals surface area contributed by atoms with E-state index in [9.17, 15) is 0 Å². The Kier molecular flexibility index (Phi) is 3.81. The summed E-state index contributed by atoms with van der Waals surface area (Å²) in [6, 6.07) is 13.1. The molecule has 2 nitrogen and oxygen atoms in total. The van der Waals surface area contributed by atoms with Crippen molar-refractivity contribution in [3.05, 3.63) is 59.4 Å². The number of nitrogens with zero attached hydrogens (tertiary/aromatic N) is 1. The van der Waals surface area contributed by atoms with Crippen molar-refractivity contribution in [1.29, 1.82) is 0 Å². The summed E-state index contributed by atoms with van der Waals surface area (Å²) < 4.78 is 2.22. The second-order valence-electron chi connectivity index (χ2n) is 6.30. The van der Waals surface area contributed by atoms with Crippen molar-refractivity contribution in [1.82, 2.24) is 4.57 Å². The molecule has 2 heteroatoms. The summed E-state index contributed by atoms with van der Waals surface area (Å²) in [5, 5.41) is 0. The van der Waals surface area contributed by atoms with E-state index < -0.39 is 0 Å². The van der Waals surface area contributed by atoms with Crippen molar-refractivity contribution < 1.29 is 0 Å². The normalized spacial score (nSPS) is 13.5. The zero-order chi connectivity index (χ0) is 14.0. The van der Waals surface area contributed by atoms with Gasteiger partial charge in [0.15, 0.2) is 0 Å². The van der Waals surface area contributed by atoms with Crippen LogP contribution in [0.2, 0.25) is 0 Å². The first kappa shape index (κ1) is 13.9. The fraction of sp³-hybridized carbons (Fsp3) is 0.412. The van der Waals surface area contributed by atoms with Crippen LogP contribution in [0.15, 0.2) is 42.6 Å². The van der Waals surface area contributed by atoms with Gasteiger partial charge in [-0.25, -0.2) is 0 Å². The number of hydrogen-bond donors (Lipinski definition) is 1. The van der Waals surface area contributed by atoms with E-state index in [2.05, 4.69) is 67.9 Å². The van der Waals surface area contributed by atoms with Gasteiger partial charge < -0.3 is 10.3 Å². The van der Waals surface area contributed by atoms with Gasteiger partial charge in [-0.1, -0.05) is 45.0 Å². The first-order valence-electron chi connectivity index (χ1n) is 6.88. The molecule has 1 atom stereocenters. The van der Waals surface area contributed by atoms with E-state index in [1.54, 1.807) is 0 Å². The quantitative estimate of drug-likeness (QED) is 0.888. The van der Waals surface area contributed by atoms with Gasteiger partial charge in [-0.05, 0) is 35.6 Å². The van der Waals surface area contributed by atoms with Crippen molar-refractivity contribution in [3.8, 4) is 0 Å². The molecule has 0 aliphatic rings. The molecule has 1 aromatic carbocycles. The molecule has 19 heavy (non-hydrogen) atoms. The van der Waals surface area contributed by atoms with Crippen LogP contribution in [-0.2, 0) is 12.0 Å². The number of rotatable bonds is 3. The van der Waals surface area contributed by atoms with Crippen LogP contribution >= 0.6 is 0 Å². The van der Waals surface area contributed by atoms with Crippen LogP contribution < -0.4 is 5.73 Å². The van der Waals surface area contributed by atoms with Gasteiger partial charge in [0.25, 0.3) is 0 Å². The molecule has 102 valence electrons. The summed E-state index contributed by atoms with van der Waals surface area (Å²) in [6.07, 6.45) is 2.09. The van der Waals surface area contributed by atoms with Gasteiger partial charge in [0.2, 0.25) is 0 Å². The molecule has 0 spiro atoms. The van der Waals surface area contributed by atoms with E-state index in [4.69, 9.17) is 5.73 Å². The number of hydrogen-bond acceptors (Lipinski definition) is 1. The summed E-state index contributed by atoms with van der Waals surface area (Å²) >= 11 is 0. The molecule has 0 saturated heterocycles. The van der Waals surface area contributed by atoms with E-state index >= 15 is 0 Å². The molecular weight excluding hydrogens is 232 g/mol. The molecular formula is C17H24N2. The topological polar surface area (TPSA) is 30.9 Å². The van der Waals surface area contributed by atoms with Crippen molar-refractivity contribution in [3.63, 3.8) is 0 Å². The van der Waals surface area contributed by atoms with Crippen molar-refractivity contribution in [2.45, 2.75) is 45.7 Å². The molecule has 0 aliphatic heterocycles. The summed E-state index contributed by atoms with van der Waals surface area (Å²) in [5.74, 6) is 0. The van der Waals surface area contributed by atoms with E-state index in [0.29, 0.717) is 0 Å². The second kappa shape index (κ2) is 5.22. The standard InChI is InChI=1S/C17H24N2/c1-13(18)16-6-5-11-19(16)12-14-7-9-15(10-8-14)17(2,3)4/h5-11,13H,12,18H2,1-4H3. The van der Waals surface area contributed by atoms with Crippen LogP contribution in [0.5, 0.6) is 0 Å². The summed E-state index contributed by atoms with van der Waals surface area (Å²) in [4.78, 5) is 0. The highest BCUT2D eigenvalue weighted by atomic mass is 15.0. The van der Waals surface area contributed by atoms with Gasteiger partial charge in [0.05, 0.1) is 0 Å². The van der Waals surface area contributed by atoms with Crippen LogP contribution in [0.1, 0.15) is 50.6 Å². The predicted molar refractivity (Wildman–Crippen MR) is 81.3 cm³/mol. The minimum Gasteiger partial charge on any atom is -0.346 e. The van der Waals surface area contributed by atoms with Crippen LogP contribution in [0.4, 0.5) is 0 Å². The van der Waals surface area contributed by atoms with Gasteiger partial charge in [0, 0.05) is 24.5 Å². The highest BCUT2D eigenvalue weighted by Gasteiger charge is 2.13. The highest BCUT2D eigenvalue weighted by molar-refractivity contribution is 5.28. The Morgan fingerprint density at radius 1 is 1.11 bits per heavy atom. The maximum atomic E-state index is 5.97. The Morgan fingerprint density at radius 3 is 2.26 bits per heavy atom.